The molecule has 1 aromatic carbocycles. The molecule has 6 nitrogen and oxygen atoms in total. The highest BCUT2D eigenvalue weighted by Crippen LogP contribution is 2.24. The number of nitrogens with zero attached hydrogens (tertiary/aromatic N) is 1. The summed E-state index contributed by atoms with van der Waals surface area (Å²) in [6, 6.07) is 9.17. The number of methoxy groups -OCH3 is 1. The van der Waals surface area contributed by atoms with Crippen molar-refractivity contribution >= 4 is 21.4 Å². The third kappa shape index (κ3) is 5.28. The summed E-state index contributed by atoms with van der Waals surface area (Å²) >= 11 is 1.62. The summed E-state index contributed by atoms with van der Waals surface area (Å²) in [5, 5.41) is 4.10. The van der Waals surface area contributed by atoms with Crippen molar-refractivity contribution in [2.24, 2.45) is 0 Å². The fourth-order valence-electron chi connectivity index (χ4n) is 3.01. The van der Waals surface area contributed by atoms with Gasteiger partial charge in [-0.15, -0.1) is 0 Å². The van der Waals surface area contributed by atoms with Gasteiger partial charge in [-0.2, -0.15) is 11.3 Å². The number of ether oxygens (including phenoxy) is 2. The summed E-state index contributed by atoms with van der Waals surface area (Å²) in [5.74, 6) is 0.667. The Morgan fingerprint density at radius 3 is 2.58 bits per heavy atom. The molecule has 2 aromatic rings. The predicted molar refractivity (Wildman–Crippen MR) is 103 cm³/mol. The van der Waals surface area contributed by atoms with Gasteiger partial charge >= 0.3 is 0 Å². The van der Waals surface area contributed by atoms with Crippen LogP contribution in [0.4, 0.5) is 0 Å². The van der Waals surface area contributed by atoms with Gasteiger partial charge in [0.2, 0.25) is 10.0 Å². The van der Waals surface area contributed by atoms with Crippen LogP contribution in [0.15, 0.2) is 41.1 Å². The van der Waals surface area contributed by atoms with Crippen LogP contribution in [0.3, 0.4) is 0 Å². The van der Waals surface area contributed by atoms with Crippen LogP contribution in [0, 0.1) is 0 Å². The molecule has 1 saturated heterocycles. The molecule has 0 amide bonds. The second kappa shape index (κ2) is 8.96. The molecule has 1 aliphatic rings. The number of benzene rings is 1. The van der Waals surface area contributed by atoms with Crippen molar-refractivity contribution in [3.63, 3.8) is 0 Å². The molecule has 0 bridgehead atoms. The van der Waals surface area contributed by atoms with Gasteiger partial charge in [0.25, 0.3) is 0 Å². The zero-order valence-corrected chi connectivity index (χ0v) is 16.4. The maximum Gasteiger partial charge on any atom is 0.215 e. The van der Waals surface area contributed by atoms with Crippen LogP contribution >= 0.6 is 11.3 Å². The van der Waals surface area contributed by atoms with Gasteiger partial charge in [0.05, 0.1) is 26.1 Å². The normalized spacial score (nSPS) is 17.1. The molecule has 1 N–H and O–H groups in total. The predicted octanol–water partition coefficient (Wildman–Crippen LogP) is 2.25. The molecule has 2 heterocycles. The minimum absolute atomic E-state index is 0.0239. The fraction of sp³-hybridized carbons (Fsp3) is 0.444. The van der Waals surface area contributed by atoms with Crippen LogP contribution in [-0.2, 0) is 20.5 Å². The molecule has 0 aliphatic carbocycles. The molecular weight excluding hydrogens is 372 g/mol. The Hall–Kier alpha value is -1.45. The maximum atomic E-state index is 12.5. The number of morpholine rings is 1. The van der Waals surface area contributed by atoms with E-state index in [1.165, 1.54) is 0 Å². The second-order valence-corrected chi connectivity index (χ2v) is 8.76. The molecule has 0 radical (unpaired) electrons. The zero-order chi connectivity index (χ0) is 18.4. The highest BCUT2D eigenvalue weighted by Gasteiger charge is 2.24. The lowest BCUT2D eigenvalue weighted by atomic mass is 10.1. The van der Waals surface area contributed by atoms with E-state index in [0.717, 1.165) is 24.2 Å². The maximum absolute atomic E-state index is 12.5. The van der Waals surface area contributed by atoms with Gasteiger partial charge in [-0.05, 0) is 40.1 Å². The van der Waals surface area contributed by atoms with E-state index in [2.05, 4.69) is 21.1 Å². The van der Waals surface area contributed by atoms with E-state index >= 15 is 0 Å². The Morgan fingerprint density at radius 1 is 1.23 bits per heavy atom. The summed E-state index contributed by atoms with van der Waals surface area (Å²) in [6.45, 7) is 3.33. The molecule has 1 atom stereocenters. The van der Waals surface area contributed by atoms with Gasteiger partial charge in [0.15, 0.2) is 0 Å². The quantitative estimate of drug-likeness (QED) is 0.741. The molecular formula is C18H24N2O4S2. The molecule has 142 valence electrons. The number of hydrogen-bond donors (Lipinski definition) is 1. The summed E-state index contributed by atoms with van der Waals surface area (Å²) in [7, 11) is -1.84. The summed E-state index contributed by atoms with van der Waals surface area (Å²) in [6.07, 6.45) is 0. The van der Waals surface area contributed by atoms with E-state index in [1.54, 1.807) is 42.7 Å². The van der Waals surface area contributed by atoms with E-state index in [0.29, 0.717) is 25.5 Å². The minimum Gasteiger partial charge on any atom is -0.497 e. The molecule has 1 aliphatic heterocycles. The van der Waals surface area contributed by atoms with E-state index in [1.807, 2.05) is 5.38 Å². The SMILES string of the molecule is COc1ccc(CS(=O)(=O)NCC(c2ccsc2)N2CCOCC2)cc1. The largest absolute Gasteiger partial charge is 0.497 e. The van der Waals surface area contributed by atoms with E-state index in [9.17, 15) is 8.42 Å². The van der Waals surface area contributed by atoms with Gasteiger partial charge in [0.1, 0.15) is 5.75 Å². The first-order valence-corrected chi connectivity index (χ1v) is 11.1. The highest BCUT2D eigenvalue weighted by molar-refractivity contribution is 7.88. The smallest absolute Gasteiger partial charge is 0.215 e. The topological polar surface area (TPSA) is 67.9 Å². The summed E-state index contributed by atoms with van der Waals surface area (Å²) in [4.78, 5) is 2.28. The first-order valence-electron chi connectivity index (χ1n) is 8.51. The van der Waals surface area contributed by atoms with Crippen LogP contribution in [-0.4, -0.2) is 53.3 Å². The number of thiophene rings is 1. The van der Waals surface area contributed by atoms with Crippen LogP contribution in [0.1, 0.15) is 17.2 Å². The lowest BCUT2D eigenvalue weighted by molar-refractivity contribution is 0.0173. The molecule has 0 saturated carbocycles. The molecule has 0 spiro atoms. The lowest BCUT2D eigenvalue weighted by Gasteiger charge is -2.34. The van der Waals surface area contributed by atoms with E-state index < -0.39 is 10.0 Å². The third-order valence-corrected chi connectivity index (χ3v) is 6.45. The molecule has 1 unspecified atom stereocenters. The highest BCUT2D eigenvalue weighted by atomic mass is 32.2. The number of hydrogen-bond acceptors (Lipinski definition) is 6. The summed E-state index contributed by atoms with van der Waals surface area (Å²) in [5.41, 5.74) is 1.88. The standard InChI is InChI=1S/C18H24N2O4S2/c1-23-17-4-2-15(3-5-17)14-26(21,22)19-12-18(16-6-11-25-13-16)20-7-9-24-10-8-20/h2-6,11,13,18-19H,7-10,12,14H2,1H3. The molecule has 1 aromatic heterocycles. The Kier molecular flexibility index (Phi) is 6.66. The molecule has 1 fully saturated rings. The monoisotopic (exact) mass is 396 g/mol. The van der Waals surface area contributed by atoms with E-state index in [4.69, 9.17) is 9.47 Å². The van der Waals surface area contributed by atoms with Crippen molar-refractivity contribution in [3.05, 3.63) is 52.2 Å². The van der Waals surface area contributed by atoms with Gasteiger partial charge < -0.3 is 9.47 Å². The van der Waals surface area contributed by atoms with Crippen molar-refractivity contribution in [2.75, 3.05) is 40.0 Å². The van der Waals surface area contributed by atoms with Gasteiger partial charge in [0, 0.05) is 25.7 Å². The zero-order valence-electron chi connectivity index (χ0n) is 14.8. The average molecular weight is 397 g/mol. The summed E-state index contributed by atoms with van der Waals surface area (Å²) < 4.78 is 38.4. The Morgan fingerprint density at radius 2 is 1.96 bits per heavy atom. The minimum atomic E-state index is -3.42. The van der Waals surface area contributed by atoms with Gasteiger partial charge in [-0.1, -0.05) is 12.1 Å². The molecule has 8 heteroatoms. The molecule has 3 rings (SSSR count). The average Bonchev–Trinajstić information content (AvgIpc) is 3.17. The van der Waals surface area contributed by atoms with Crippen molar-refractivity contribution in [2.45, 2.75) is 11.8 Å². The van der Waals surface area contributed by atoms with Crippen LogP contribution in [0.2, 0.25) is 0 Å². The number of sulfonamides is 1. The van der Waals surface area contributed by atoms with Gasteiger partial charge in [-0.3, -0.25) is 4.90 Å². The van der Waals surface area contributed by atoms with Crippen LogP contribution < -0.4 is 9.46 Å². The number of rotatable bonds is 8. The second-order valence-electron chi connectivity index (χ2n) is 6.18. The third-order valence-electron chi connectivity index (χ3n) is 4.43. The van der Waals surface area contributed by atoms with E-state index in [-0.39, 0.29) is 11.8 Å². The van der Waals surface area contributed by atoms with Crippen molar-refractivity contribution in [1.82, 2.24) is 9.62 Å². The van der Waals surface area contributed by atoms with Crippen LogP contribution in [0.25, 0.3) is 0 Å². The Labute approximate surface area is 158 Å². The lowest BCUT2D eigenvalue weighted by Crippen LogP contribution is -2.43. The first-order chi connectivity index (χ1) is 12.6. The number of nitrogens with one attached hydrogen (secondary N) is 1. The Bertz CT molecular complexity index is 770. The molecule has 26 heavy (non-hydrogen) atoms. The van der Waals surface area contributed by atoms with Crippen molar-refractivity contribution in [3.8, 4) is 5.75 Å². The Balaban J connectivity index is 1.64. The van der Waals surface area contributed by atoms with Crippen molar-refractivity contribution < 1.29 is 17.9 Å². The first kappa shape index (κ1) is 19.3. The van der Waals surface area contributed by atoms with Crippen LogP contribution in [0.5, 0.6) is 5.75 Å². The fourth-order valence-corrected chi connectivity index (χ4v) is 4.86. The van der Waals surface area contributed by atoms with Crippen molar-refractivity contribution in [1.29, 1.82) is 0 Å². The van der Waals surface area contributed by atoms with Gasteiger partial charge in [-0.25, -0.2) is 13.1 Å².